The summed E-state index contributed by atoms with van der Waals surface area (Å²) in [6.07, 6.45) is -1.09. The summed E-state index contributed by atoms with van der Waals surface area (Å²) in [7, 11) is 3.70. The molecule has 5 rings (SSSR count). The van der Waals surface area contributed by atoms with Gasteiger partial charge in [-0.15, -0.1) is 11.3 Å². The van der Waals surface area contributed by atoms with Crippen molar-refractivity contribution in [2.24, 2.45) is 14.1 Å². The van der Waals surface area contributed by atoms with Crippen LogP contribution in [0.5, 0.6) is 0 Å². The van der Waals surface area contributed by atoms with Gasteiger partial charge in [0.1, 0.15) is 15.4 Å². The lowest BCUT2D eigenvalue weighted by Crippen LogP contribution is -2.32. The summed E-state index contributed by atoms with van der Waals surface area (Å²) in [6, 6.07) is 18.9. The molecule has 0 aliphatic carbocycles. The molecule has 9 heteroatoms. The van der Waals surface area contributed by atoms with Gasteiger partial charge in [0.15, 0.2) is 6.10 Å². The molecule has 35 heavy (non-hydrogen) atoms. The number of nitrogens with one attached hydrogen (secondary N) is 1. The first-order valence-electron chi connectivity index (χ1n) is 11.1. The van der Waals surface area contributed by atoms with Crippen molar-refractivity contribution in [2.45, 2.75) is 20.0 Å². The Morgan fingerprint density at radius 3 is 2.43 bits per heavy atom. The van der Waals surface area contributed by atoms with Crippen molar-refractivity contribution in [2.75, 3.05) is 5.32 Å². The Bertz CT molecular complexity index is 1660. The number of ether oxygens (including phenoxy) is 1. The number of carbonyl (C=O) groups is 2. The number of hydrogen-bond acceptors (Lipinski definition) is 5. The summed E-state index contributed by atoms with van der Waals surface area (Å²) < 4.78 is 10.6. The van der Waals surface area contributed by atoms with Crippen LogP contribution in [0.25, 0.3) is 26.8 Å². The molecule has 3 heterocycles. The van der Waals surface area contributed by atoms with Crippen LogP contribution < -0.4 is 10.9 Å². The van der Waals surface area contributed by atoms with Gasteiger partial charge < -0.3 is 14.6 Å². The number of fused-ring (bicyclic) bond motifs is 3. The molecule has 2 aromatic carbocycles. The monoisotopic (exact) mass is 488 g/mol. The van der Waals surface area contributed by atoms with Gasteiger partial charge in [-0.1, -0.05) is 36.4 Å². The second-order valence-electron chi connectivity index (χ2n) is 8.38. The molecular formula is C26H24N4O4S. The molecule has 0 aliphatic rings. The molecule has 8 nitrogen and oxygen atoms in total. The first-order chi connectivity index (χ1) is 16.8. The second-order valence-corrected chi connectivity index (χ2v) is 9.41. The number of rotatable bonds is 5. The number of para-hydroxylation sites is 2. The highest BCUT2D eigenvalue weighted by Gasteiger charge is 2.25. The van der Waals surface area contributed by atoms with E-state index in [0.717, 1.165) is 21.1 Å². The van der Waals surface area contributed by atoms with E-state index in [4.69, 9.17) is 4.74 Å². The van der Waals surface area contributed by atoms with Gasteiger partial charge in [-0.2, -0.15) is 0 Å². The lowest BCUT2D eigenvalue weighted by molar-refractivity contribution is -0.123. The zero-order valence-electron chi connectivity index (χ0n) is 19.7. The average Bonchev–Trinajstić information content (AvgIpc) is 3.48. The van der Waals surface area contributed by atoms with Crippen LogP contribution in [0.3, 0.4) is 0 Å². The van der Waals surface area contributed by atoms with Crippen LogP contribution in [0.1, 0.15) is 22.3 Å². The Labute approximate surface area is 204 Å². The Morgan fingerprint density at radius 1 is 1.00 bits per heavy atom. The minimum absolute atomic E-state index is 0.151. The number of anilines is 1. The van der Waals surface area contributed by atoms with Crippen molar-refractivity contribution in [1.29, 1.82) is 0 Å². The van der Waals surface area contributed by atoms with Crippen LogP contribution in [0.15, 0.2) is 65.5 Å². The van der Waals surface area contributed by atoms with E-state index in [-0.39, 0.29) is 11.2 Å². The highest BCUT2D eigenvalue weighted by Crippen LogP contribution is 2.34. The van der Waals surface area contributed by atoms with E-state index < -0.39 is 18.0 Å². The molecule has 178 valence electrons. The van der Waals surface area contributed by atoms with Crippen molar-refractivity contribution in [3.63, 3.8) is 0 Å². The Hall–Kier alpha value is -4.11. The predicted molar refractivity (Wildman–Crippen MR) is 138 cm³/mol. The summed E-state index contributed by atoms with van der Waals surface area (Å²) >= 11 is 1.32. The Morgan fingerprint density at radius 2 is 1.69 bits per heavy atom. The Balaban J connectivity index is 1.35. The van der Waals surface area contributed by atoms with Crippen molar-refractivity contribution in [3.05, 3.63) is 81.6 Å². The van der Waals surface area contributed by atoms with Crippen LogP contribution in [-0.2, 0) is 23.6 Å². The highest BCUT2D eigenvalue weighted by molar-refractivity contribution is 7.20. The third-order valence-corrected chi connectivity index (χ3v) is 7.42. The van der Waals surface area contributed by atoms with E-state index in [1.807, 2.05) is 66.2 Å². The molecule has 1 N–H and O–H groups in total. The first kappa shape index (κ1) is 22.7. The topological polar surface area (TPSA) is 87.3 Å². The van der Waals surface area contributed by atoms with Crippen LogP contribution in [0.4, 0.5) is 5.69 Å². The molecule has 0 saturated carbocycles. The number of amides is 1. The molecule has 0 spiro atoms. The summed E-state index contributed by atoms with van der Waals surface area (Å²) in [6.45, 7) is 3.23. The SMILES string of the molecule is Cc1c(NC(=O)[C@H](C)OC(=O)c2cc3c4ccccc4n(C)c3s2)c(=O)n(-c2ccccc2)n1C. The maximum atomic E-state index is 13.0. The average molecular weight is 489 g/mol. The van der Waals surface area contributed by atoms with Crippen LogP contribution >= 0.6 is 11.3 Å². The molecule has 0 saturated heterocycles. The molecule has 0 unspecified atom stereocenters. The molecule has 0 fully saturated rings. The molecule has 5 aromatic rings. The first-order valence-corrected chi connectivity index (χ1v) is 11.9. The van der Waals surface area contributed by atoms with E-state index in [0.29, 0.717) is 16.3 Å². The lowest BCUT2D eigenvalue weighted by Gasteiger charge is -2.12. The van der Waals surface area contributed by atoms with Gasteiger partial charge in [0.2, 0.25) is 0 Å². The van der Waals surface area contributed by atoms with Gasteiger partial charge in [-0.05, 0) is 38.1 Å². The summed E-state index contributed by atoms with van der Waals surface area (Å²) in [4.78, 5) is 40.1. The fraction of sp³-hybridized carbons (Fsp3) is 0.192. The van der Waals surface area contributed by atoms with Crippen molar-refractivity contribution in [1.82, 2.24) is 13.9 Å². The van der Waals surface area contributed by atoms with Crippen LogP contribution in [0, 0.1) is 6.92 Å². The van der Waals surface area contributed by atoms with E-state index in [1.54, 1.807) is 24.7 Å². The van der Waals surface area contributed by atoms with E-state index in [9.17, 15) is 14.4 Å². The van der Waals surface area contributed by atoms with Gasteiger partial charge >= 0.3 is 5.97 Å². The number of aromatic nitrogens is 3. The zero-order valence-corrected chi connectivity index (χ0v) is 20.6. The maximum absolute atomic E-state index is 13.0. The molecule has 0 radical (unpaired) electrons. The maximum Gasteiger partial charge on any atom is 0.349 e. The molecule has 0 bridgehead atoms. The second kappa shape index (κ2) is 8.59. The fourth-order valence-corrected chi connectivity index (χ4v) is 5.27. The Kier molecular flexibility index (Phi) is 5.56. The minimum Gasteiger partial charge on any atom is -0.448 e. The molecule has 0 aliphatic heterocycles. The number of thiophene rings is 1. The fourth-order valence-electron chi connectivity index (χ4n) is 4.24. The number of nitrogens with zero attached hydrogens (tertiary/aromatic N) is 3. The molecule has 1 atom stereocenters. The number of hydrogen-bond donors (Lipinski definition) is 1. The van der Waals surface area contributed by atoms with Gasteiger partial charge in [0.05, 0.1) is 11.4 Å². The summed E-state index contributed by atoms with van der Waals surface area (Å²) in [5.74, 6) is -1.15. The van der Waals surface area contributed by atoms with Gasteiger partial charge in [0, 0.05) is 30.4 Å². The predicted octanol–water partition coefficient (Wildman–Crippen LogP) is 4.37. The molecular weight excluding hydrogens is 464 g/mol. The van der Waals surface area contributed by atoms with E-state index in [1.165, 1.54) is 22.9 Å². The van der Waals surface area contributed by atoms with Crippen LogP contribution in [-0.4, -0.2) is 31.9 Å². The zero-order chi connectivity index (χ0) is 24.9. The molecule has 1 amide bonds. The van der Waals surface area contributed by atoms with Crippen molar-refractivity contribution in [3.8, 4) is 5.69 Å². The normalized spacial score (nSPS) is 12.2. The third kappa shape index (κ3) is 3.74. The summed E-state index contributed by atoms with van der Waals surface area (Å²) in [5.41, 5.74) is 2.14. The smallest absolute Gasteiger partial charge is 0.349 e. The van der Waals surface area contributed by atoms with Crippen molar-refractivity contribution < 1.29 is 14.3 Å². The van der Waals surface area contributed by atoms with Crippen molar-refractivity contribution >= 4 is 50.0 Å². The number of aryl methyl sites for hydroxylation is 1. The van der Waals surface area contributed by atoms with E-state index >= 15 is 0 Å². The largest absolute Gasteiger partial charge is 0.448 e. The lowest BCUT2D eigenvalue weighted by atomic mass is 10.2. The number of carbonyl (C=O) groups excluding carboxylic acids is 2. The quantitative estimate of drug-likeness (QED) is 0.372. The molecule has 3 aromatic heterocycles. The third-order valence-electron chi connectivity index (χ3n) is 6.23. The minimum atomic E-state index is -1.09. The number of benzene rings is 2. The van der Waals surface area contributed by atoms with Gasteiger partial charge in [-0.3, -0.25) is 14.3 Å². The van der Waals surface area contributed by atoms with Gasteiger partial charge in [-0.25, -0.2) is 9.48 Å². The summed E-state index contributed by atoms with van der Waals surface area (Å²) in [5, 5.41) is 4.68. The van der Waals surface area contributed by atoms with Crippen LogP contribution in [0.2, 0.25) is 0 Å². The highest BCUT2D eigenvalue weighted by atomic mass is 32.1. The standard InChI is InChI=1S/C26H24N4O4S/c1-15-22(24(32)30(29(15)4)17-10-6-5-7-11-17)27-23(31)16(2)34-26(33)21-14-19-18-12-8-9-13-20(18)28(3)25(19)35-21/h5-14,16H,1-4H3,(H,27,31)/t16-/m0/s1. The number of esters is 1. The van der Waals surface area contributed by atoms with E-state index in [2.05, 4.69) is 5.32 Å². The van der Waals surface area contributed by atoms with Gasteiger partial charge in [0.25, 0.3) is 11.5 Å².